The molecule has 1 aromatic rings. The van der Waals surface area contributed by atoms with Gasteiger partial charge in [-0.25, -0.2) is 0 Å². The van der Waals surface area contributed by atoms with Gasteiger partial charge in [-0.05, 0) is 35.6 Å². The predicted molar refractivity (Wildman–Crippen MR) is 78.1 cm³/mol. The molecule has 1 unspecified atom stereocenters. The summed E-state index contributed by atoms with van der Waals surface area (Å²) in [5.41, 5.74) is 7.48. The maximum absolute atomic E-state index is 6.15. The third kappa shape index (κ3) is 3.39. The Labute approximate surface area is 119 Å². The molecule has 0 bridgehead atoms. The Bertz CT molecular complexity index is 412. The number of halogens is 2. The van der Waals surface area contributed by atoms with Crippen LogP contribution in [0.15, 0.2) is 18.2 Å². The first kappa shape index (κ1) is 14.1. The lowest BCUT2D eigenvalue weighted by atomic mass is 9.79. The van der Waals surface area contributed by atoms with Crippen molar-refractivity contribution in [3.8, 4) is 0 Å². The van der Waals surface area contributed by atoms with E-state index in [0.29, 0.717) is 10.0 Å². The van der Waals surface area contributed by atoms with E-state index in [4.69, 9.17) is 28.9 Å². The summed E-state index contributed by atoms with van der Waals surface area (Å²) in [4.78, 5) is 2.42. The number of nitrogens with two attached hydrogens (primary N) is 1. The first-order valence-electron chi connectivity index (χ1n) is 6.30. The van der Waals surface area contributed by atoms with Crippen molar-refractivity contribution >= 4 is 23.2 Å². The number of rotatable bonds is 2. The van der Waals surface area contributed by atoms with Gasteiger partial charge in [0, 0.05) is 35.7 Å². The van der Waals surface area contributed by atoms with Crippen LogP contribution in [-0.2, 0) is 6.54 Å². The van der Waals surface area contributed by atoms with Crippen LogP contribution in [0, 0.1) is 5.41 Å². The van der Waals surface area contributed by atoms with Gasteiger partial charge in [0.2, 0.25) is 0 Å². The van der Waals surface area contributed by atoms with Crippen LogP contribution >= 0.6 is 23.2 Å². The Morgan fingerprint density at radius 3 is 2.44 bits per heavy atom. The normalized spacial score (nSPS) is 24.2. The van der Waals surface area contributed by atoms with Crippen molar-refractivity contribution in [1.29, 1.82) is 0 Å². The Hall–Kier alpha value is -0.280. The molecular formula is C14H20Cl2N2. The second-order valence-corrected chi connectivity index (χ2v) is 6.74. The molecular weight excluding hydrogens is 267 g/mol. The largest absolute Gasteiger partial charge is 0.327 e. The molecule has 2 nitrogen and oxygen atoms in total. The summed E-state index contributed by atoms with van der Waals surface area (Å²) >= 11 is 12.0. The molecule has 100 valence electrons. The molecule has 1 heterocycles. The predicted octanol–water partition coefficient (Wildman–Crippen LogP) is 3.55. The van der Waals surface area contributed by atoms with E-state index in [-0.39, 0.29) is 11.5 Å². The first-order valence-corrected chi connectivity index (χ1v) is 7.05. The third-order valence-electron chi connectivity index (χ3n) is 3.72. The van der Waals surface area contributed by atoms with Crippen LogP contribution in [-0.4, -0.2) is 24.0 Å². The zero-order valence-corrected chi connectivity index (χ0v) is 12.4. The van der Waals surface area contributed by atoms with Crippen LogP contribution in [0.1, 0.15) is 25.8 Å². The molecule has 4 heteroatoms. The molecule has 18 heavy (non-hydrogen) atoms. The standard InChI is InChI=1S/C14H20Cl2N2/c1-14(2)9-18(4-3-13(14)17)8-10-5-11(15)7-12(16)6-10/h5-7,13H,3-4,8-9,17H2,1-2H3. The van der Waals surface area contributed by atoms with E-state index in [1.165, 1.54) is 5.56 Å². The Kier molecular flexibility index (Phi) is 4.22. The summed E-state index contributed by atoms with van der Waals surface area (Å²) in [6.45, 7) is 7.40. The second-order valence-electron chi connectivity index (χ2n) is 5.87. The first-order chi connectivity index (χ1) is 8.37. The molecule has 1 atom stereocenters. The lowest BCUT2D eigenvalue weighted by Crippen LogP contribution is -2.52. The van der Waals surface area contributed by atoms with Crippen molar-refractivity contribution < 1.29 is 0 Å². The van der Waals surface area contributed by atoms with Crippen LogP contribution in [0.25, 0.3) is 0 Å². The van der Waals surface area contributed by atoms with Gasteiger partial charge >= 0.3 is 0 Å². The van der Waals surface area contributed by atoms with E-state index in [1.807, 2.05) is 12.1 Å². The summed E-state index contributed by atoms with van der Waals surface area (Å²) in [5, 5.41) is 1.40. The Balaban J connectivity index is 2.06. The summed E-state index contributed by atoms with van der Waals surface area (Å²) < 4.78 is 0. The average Bonchev–Trinajstić information content (AvgIpc) is 2.21. The fraction of sp³-hybridized carbons (Fsp3) is 0.571. The van der Waals surface area contributed by atoms with Gasteiger partial charge in [0.05, 0.1) is 0 Å². The smallest absolute Gasteiger partial charge is 0.0424 e. The SMILES string of the molecule is CC1(C)CN(Cc2cc(Cl)cc(Cl)c2)CCC1N. The molecule has 1 saturated heterocycles. The summed E-state index contributed by atoms with van der Waals surface area (Å²) in [6, 6.07) is 6.02. The maximum Gasteiger partial charge on any atom is 0.0424 e. The highest BCUT2D eigenvalue weighted by atomic mass is 35.5. The highest BCUT2D eigenvalue weighted by molar-refractivity contribution is 6.34. The van der Waals surface area contributed by atoms with Crippen LogP contribution in [0.5, 0.6) is 0 Å². The van der Waals surface area contributed by atoms with Crippen LogP contribution in [0.2, 0.25) is 10.0 Å². The van der Waals surface area contributed by atoms with Gasteiger partial charge in [0.1, 0.15) is 0 Å². The molecule has 1 aliphatic heterocycles. The van der Waals surface area contributed by atoms with Gasteiger partial charge in [-0.3, -0.25) is 4.90 Å². The van der Waals surface area contributed by atoms with Crippen molar-refractivity contribution in [2.24, 2.45) is 11.1 Å². The zero-order valence-electron chi connectivity index (χ0n) is 10.9. The Morgan fingerprint density at radius 1 is 1.28 bits per heavy atom. The van der Waals surface area contributed by atoms with Gasteiger partial charge in [0.15, 0.2) is 0 Å². The van der Waals surface area contributed by atoms with Crippen molar-refractivity contribution in [3.63, 3.8) is 0 Å². The molecule has 0 radical (unpaired) electrons. The molecule has 1 fully saturated rings. The number of nitrogens with zero attached hydrogens (tertiary/aromatic N) is 1. The fourth-order valence-corrected chi connectivity index (χ4v) is 3.15. The van der Waals surface area contributed by atoms with E-state index in [9.17, 15) is 0 Å². The lowest BCUT2D eigenvalue weighted by molar-refractivity contribution is 0.0899. The van der Waals surface area contributed by atoms with E-state index in [1.54, 1.807) is 6.07 Å². The maximum atomic E-state index is 6.15. The molecule has 0 spiro atoms. The fourth-order valence-electron chi connectivity index (χ4n) is 2.58. The minimum Gasteiger partial charge on any atom is -0.327 e. The van der Waals surface area contributed by atoms with E-state index in [2.05, 4.69) is 18.7 Å². The molecule has 0 saturated carbocycles. The second kappa shape index (κ2) is 5.38. The van der Waals surface area contributed by atoms with Crippen molar-refractivity contribution in [3.05, 3.63) is 33.8 Å². The summed E-state index contributed by atoms with van der Waals surface area (Å²) in [7, 11) is 0. The molecule has 0 aliphatic carbocycles. The monoisotopic (exact) mass is 286 g/mol. The van der Waals surface area contributed by atoms with Crippen molar-refractivity contribution in [1.82, 2.24) is 4.90 Å². The molecule has 1 aliphatic rings. The molecule has 0 amide bonds. The molecule has 0 aromatic heterocycles. The lowest BCUT2D eigenvalue weighted by Gasteiger charge is -2.42. The summed E-state index contributed by atoms with van der Waals surface area (Å²) in [6.07, 6.45) is 1.04. The molecule has 2 N–H and O–H groups in total. The van der Waals surface area contributed by atoms with Crippen LogP contribution in [0.3, 0.4) is 0 Å². The average molecular weight is 287 g/mol. The number of hydrogen-bond acceptors (Lipinski definition) is 2. The number of likely N-dealkylation sites (tertiary alicyclic amines) is 1. The van der Waals surface area contributed by atoms with Gasteiger partial charge in [-0.1, -0.05) is 37.0 Å². The highest BCUT2D eigenvalue weighted by Gasteiger charge is 2.33. The van der Waals surface area contributed by atoms with Gasteiger partial charge < -0.3 is 5.73 Å². The zero-order chi connectivity index (χ0) is 13.3. The topological polar surface area (TPSA) is 29.3 Å². The van der Waals surface area contributed by atoms with Gasteiger partial charge in [-0.2, -0.15) is 0 Å². The number of hydrogen-bond donors (Lipinski definition) is 1. The minimum absolute atomic E-state index is 0.167. The Morgan fingerprint density at radius 2 is 1.89 bits per heavy atom. The minimum atomic E-state index is 0.167. The van der Waals surface area contributed by atoms with Gasteiger partial charge in [-0.15, -0.1) is 0 Å². The number of benzene rings is 1. The van der Waals surface area contributed by atoms with Crippen LogP contribution < -0.4 is 5.73 Å². The van der Waals surface area contributed by atoms with Crippen molar-refractivity contribution in [2.45, 2.75) is 32.9 Å². The molecule has 1 aromatic carbocycles. The molecule has 2 rings (SSSR count). The van der Waals surface area contributed by atoms with Crippen LogP contribution in [0.4, 0.5) is 0 Å². The quantitative estimate of drug-likeness (QED) is 0.901. The van der Waals surface area contributed by atoms with E-state index in [0.717, 1.165) is 26.1 Å². The number of piperidine rings is 1. The summed E-state index contributed by atoms with van der Waals surface area (Å²) in [5.74, 6) is 0. The van der Waals surface area contributed by atoms with E-state index < -0.39 is 0 Å². The van der Waals surface area contributed by atoms with Crippen molar-refractivity contribution in [2.75, 3.05) is 13.1 Å². The van der Waals surface area contributed by atoms with Gasteiger partial charge in [0.25, 0.3) is 0 Å². The third-order valence-corrected chi connectivity index (χ3v) is 4.16. The van der Waals surface area contributed by atoms with E-state index >= 15 is 0 Å². The highest BCUT2D eigenvalue weighted by Crippen LogP contribution is 2.29.